The maximum absolute atomic E-state index is 11.7. The summed E-state index contributed by atoms with van der Waals surface area (Å²) in [6.07, 6.45) is -0.0366. The maximum Gasteiger partial charge on any atom is 0.511 e. The van der Waals surface area contributed by atoms with Crippen molar-refractivity contribution >= 4 is 16.0 Å². The quantitative estimate of drug-likeness (QED) is 0.678. The molecule has 0 aliphatic carbocycles. The van der Waals surface area contributed by atoms with Crippen LogP contribution in [0.4, 0.5) is 13.2 Å². The summed E-state index contributed by atoms with van der Waals surface area (Å²) in [6.45, 7) is -0.422. The zero-order chi connectivity index (χ0) is 12.1. The van der Waals surface area contributed by atoms with E-state index in [2.05, 4.69) is 0 Å². The fourth-order valence-corrected chi connectivity index (χ4v) is 1.27. The van der Waals surface area contributed by atoms with Crippen LogP contribution >= 0.6 is 0 Å². The van der Waals surface area contributed by atoms with E-state index < -0.39 is 28.0 Å². The topological polar surface area (TPSA) is 83.5 Å². The average molecular weight is 249 g/mol. The monoisotopic (exact) mass is 249 g/mol. The zero-order valence-electron chi connectivity index (χ0n) is 7.54. The third-order valence-corrected chi connectivity index (χ3v) is 2.61. The number of alkyl halides is 3. The Kier molecular flexibility index (Phi) is 5.01. The van der Waals surface area contributed by atoms with Gasteiger partial charge in [-0.15, -0.1) is 0 Å². The molecule has 90 valence electrons. The normalized spacial score (nSPS) is 12.7. The van der Waals surface area contributed by atoms with Gasteiger partial charge in [-0.2, -0.15) is 13.2 Å². The van der Waals surface area contributed by atoms with Gasteiger partial charge in [-0.3, -0.25) is 4.79 Å². The number of nitrogens with one attached hydrogen (secondary N) is 1. The van der Waals surface area contributed by atoms with Crippen molar-refractivity contribution in [1.29, 1.82) is 0 Å². The number of carboxylic acids is 1. The van der Waals surface area contributed by atoms with Gasteiger partial charge >= 0.3 is 21.5 Å². The Bertz CT molecular complexity index is 311. The van der Waals surface area contributed by atoms with Gasteiger partial charge in [-0.05, 0) is 12.8 Å². The summed E-state index contributed by atoms with van der Waals surface area (Å²) in [5, 5.41) is 8.18. The first-order valence-corrected chi connectivity index (χ1v) is 5.43. The number of carboxylic acid groups (broad SMARTS) is 1. The molecule has 0 rings (SSSR count). The smallest absolute Gasteiger partial charge is 0.481 e. The highest BCUT2D eigenvalue weighted by Crippen LogP contribution is 2.21. The van der Waals surface area contributed by atoms with Crippen molar-refractivity contribution in [1.82, 2.24) is 4.72 Å². The van der Waals surface area contributed by atoms with Gasteiger partial charge < -0.3 is 5.11 Å². The van der Waals surface area contributed by atoms with E-state index >= 15 is 0 Å². The number of hydrogen-bond acceptors (Lipinski definition) is 3. The van der Waals surface area contributed by atoms with Gasteiger partial charge in [-0.25, -0.2) is 13.1 Å². The third-order valence-electron chi connectivity index (χ3n) is 1.41. The second-order valence-electron chi connectivity index (χ2n) is 2.69. The Hall–Kier alpha value is -0.830. The van der Waals surface area contributed by atoms with E-state index in [9.17, 15) is 26.4 Å². The number of hydrogen-bond donors (Lipinski definition) is 2. The minimum atomic E-state index is -5.32. The maximum atomic E-state index is 11.7. The molecule has 0 aliphatic heterocycles. The number of unbranched alkanes of at least 4 members (excludes halogenated alkanes) is 1. The predicted molar refractivity (Wildman–Crippen MR) is 44.5 cm³/mol. The Balaban J connectivity index is 3.83. The molecule has 0 aromatic carbocycles. The molecule has 0 spiro atoms. The molecule has 0 bridgehead atoms. The molecule has 0 aromatic rings. The van der Waals surface area contributed by atoms with E-state index in [1.807, 2.05) is 0 Å². The first kappa shape index (κ1) is 14.2. The summed E-state index contributed by atoms with van der Waals surface area (Å²) in [4.78, 5) is 10.00. The predicted octanol–water partition coefficient (Wildman–Crippen LogP) is 0.680. The van der Waals surface area contributed by atoms with Gasteiger partial charge in [0.1, 0.15) is 0 Å². The molecular formula is C6H10F3NO4S. The van der Waals surface area contributed by atoms with Crippen LogP contribution in [0.1, 0.15) is 19.3 Å². The second-order valence-corrected chi connectivity index (χ2v) is 4.45. The van der Waals surface area contributed by atoms with E-state index in [0.717, 1.165) is 0 Å². The summed E-state index contributed by atoms with van der Waals surface area (Å²) in [7, 11) is -5.30. The van der Waals surface area contributed by atoms with Gasteiger partial charge in [0.15, 0.2) is 0 Å². The molecule has 0 atom stereocenters. The highest BCUT2D eigenvalue weighted by Gasteiger charge is 2.45. The van der Waals surface area contributed by atoms with Crippen LogP contribution in [0.3, 0.4) is 0 Å². The lowest BCUT2D eigenvalue weighted by atomic mass is 10.2. The number of aliphatic carboxylic acids is 1. The highest BCUT2D eigenvalue weighted by atomic mass is 32.2. The van der Waals surface area contributed by atoms with Crippen molar-refractivity contribution in [2.45, 2.75) is 24.8 Å². The molecular weight excluding hydrogens is 239 g/mol. The molecule has 0 amide bonds. The van der Waals surface area contributed by atoms with Crippen molar-refractivity contribution in [3.8, 4) is 0 Å². The fraction of sp³-hybridized carbons (Fsp3) is 0.833. The summed E-state index contributed by atoms with van der Waals surface area (Å²) in [5.74, 6) is -1.08. The largest absolute Gasteiger partial charge is 0.511 e. The van der Waals surface area contributed by atoms with Crippen LogP contribution < -0.4 is 4.72 Å². The van der Waals surface area contributed by atoms with Crippen LogP contribution in [0.5, 0.6) is 0 Å². The highest BCUT2D eigenvalue weighted by molar-refractivity contribution is 7.90. The van der Waals surface area contributed by atoms with Crippen LogP contribution in [-0.2, 0) is 14.8 Å². The molecule has 0 saturated heterocycles. The first-order chi connectivity index (χ1) is 6.67. The Labute approximate surface area is 84.3 Å². The first-order valence-electron chi connectivity index (χ1n) is 3.94. The summed E-state index contributed by atoms with van der Waals surface area (Å²) in [6, 6.07) is 0. The molecule has 0 aliphatic rings. The van der Waals surface area contributed by atoms with E-state index in [1.165, 1.54) is 4.72 Å². The number of sulfonamides is 1. The van der Waals surface area contributed by atoms with Crippen LogP contribution in [-0.4, -0.2) is 31.5 Å². The molecule has 0 aromatic heterocycles. The summed E-state index contributed by atoms with van der Waals surface area (Å²) in [5.41, 5.74) is -5.32. The van der Waals surface area contributed by atoms with Crippen molar-refractivity contribution in [3.05, 3.63) is 0 Å². The molecule has 2 N–H and O–H groups in total. The van der Waals surface area contributed by atoms with Crippen LogP contribution in [0.25, 0.3) is 0 Å². The van der Waals surface area contributed by atoms with E-state index in [4.69, 9.17) is 5.11 Å². The van der Waals surface area contributed by atoms with Gasteiger partial charge in [-0.1, -0.05) is 0 Å². The SMILES string of the molecule is O=C(O)CCCCNS(=O)(=O)C(F)(F)F. The van der Waals surface area contributed by atoms with Crippen molar-refractivity contribution in [3.63, 3.8) is 0 Å². The molecule has 0 saturated carbocycles. The lowest BCUT2D eigenvalue weighted by Gasteiger charge is -2.08. The van der Waals surface area contributed by atoms with Crippen LogP contribution in [0, 0.1) is 0 Å². The molecule has 0 radical (unpaired) electrons. The fourth-order valence-electron chi connectivity index (χ4n) is 0.690. The molecule has 9 heteroatoms. The Morgan fingerprint density at radius 1 is 1.27 bits per heavy atom. The Morgan fingerprint density at radius 2 is 1.80 bits per heavy atom. The molecule has 0 fully saturated rings. The van der Waals surface area contributed by atoms with Gasteiger partial charge in [0.25, 0.3) is 0 Å². The Morgan fingerprint density at radius 3 is 2.20 bits per heavy atom. The van der Waals surface area contributed by atoms with Crippen molar-refractivity contribution in [2.24, 2.45) is 0 Å². The molecule has 5 nitrogen and oxygen atoms in total. The lowest BCUT2D eigenvalue weighted by molar-refractivity contribution is -0.137. The second kappa shape index (κ2) is 5.31. The van der Waals surface area contributed by atoms with Gasteiger partial charge in [0.2, 0.25) is 0 Å². The lowest BCUT2D eigenvalue weighted by Crippen LogP contribution is -2.36. The minimum absolute atomic E-state index is 0.0433. The van der Waals surface area contributed by atoms with Crippen LogP contribution in [0.2, 0.25) is 0 Å². The minimum Gasteiger partial charge on any atom is -0.481 e. The number of halogens is 3. The van der Waals surface area contributed by atoms with E-state index in [1.54, 1.807) is 0 Å². The zero-order valence-corrected chi connectivity index (χ0v) is 8.36. The van der Waals surface area contributed by atoms with E-state index in [0.29, 0.717) is 0 Å². The average Bonchev–Trinajstić information content (AvgIpc) is 2.00. The van der Waals surface area contributed by atoms with Gasteiger partial charge in [0, 0.05) is 13.0 Å². The third kappa shape index (κ3) is 5.57. The number of rotatable bonds is 6. The summed E-state index contributed by atoms with van der Waals surface area (Å²) < 4.78 is 57.3. The van der Waals surface area contributed by atoms with Gasteiger partial charge in [0.05, 0.1) is 0 Å². The summed E-state index contributed by atoms with van der Waals surface area (Å²) >= 11 is 0. The van der Waals surface area contributed by atoms with E-state index in [-0.39, 0.29) is 19.3 Å². The van der Waals surface area contributed by atoms with Crippen molar-refractivity contribution in [2.75, 3.05) is 6.54 Å². The molecule has 15 heavy (non-hydrogen) atoms. The molecule has 0 heterocycles. The number of carbonyl (C=O) groups is 1. The standard InChI is InChI=1S/C6H10F3NO4S/c7-6(8,9)15(13,14)10-4-2-1-3-5(11)12/h10H,1-4H2,(H,11,12). The van der Waals surface area contributed by atoms with Crippen LogP contribution in [0.15, 0.2) is 0 Å². The van der Waals surface area contributed by atoms with Crippen molar-refractivity contribution < 1.29 is 31.5 Å². The molecule has 0 unspecified atom stereocenters.